The standard InChI is InChI=1S/C17H23ClN2O/c1-11(19)12-5-7-20(8-6-12)17(21)16-10-15(16)13-3-2-4-14(18)9-13/h2-4,9,11-12,15-16H,5-8,10,19H2,1H3. The number of carbonyl (C=O) groups is 1. The molecule has 0 radical (unpaired) electrons. The highest BCUT2D eigenvalue weighted by molar-refractivity contribution is 6.30. The average Bonchev–Trinajstić information content (AvgIpc) is 3.27. The van der Waals surface area contributed by atoms with Gasteiger partial charge in [0.05, 0.1) is 0 Å². The summed E-state index contributed by atoms with van der Waals surface area (Å²) in [6, 6.07) is 8.14. The minimum absolute atomic E-state index is 0.162. The lowest BCUT2D eigenvalue weighted by Crippen LogP contribution is -2.43. The number of nitrogens with zero attached hydrogens (tertiary/aromatic N) is 1. The molecule has 2 aliphatic rings. The predicted octanol–water partition coefficient (Wildman–Crippen LogP) is 3.03. The lowest BCUT2D eigenvalue weighted by atomic mass is 9.91. The van der Waals surface area contributed by atoms with E-state index in [0.717, 1.165) is 37.4 Å². The Hall–Kier alpha value is -1.06. The zero-order valence-corrected chi connectivity index (χ0v) is 13.2. The van der Waals surface area contributed by atoms with Gasteiger partial charge in [-0.05, 0) is 55.7 Å². The highest BCUT2D eigenvalue weighted by Crippen LogP contribution is 2.49. The van der Waals surface area contributed by atoms with Gasteiger partial charge < -0.3 is 10.6 Å². The van der Waals surface area contributed by atoms with Crippen LogP contribution < -0.4 is 5.73 Å². The smallest absolute Gasteiger partial charge is 0.226 e. The molecule has 4 heteroatoms. The third-order valence-electron chi connectivity index (χ3n) is 4.98. The molecule has 3 nitrogen and oxygen atoms in total. The molecule has 3 atom stereocenters. The Balaban J connectivity index is 1.56. The van der Waals surface area contributed by atoms with Crippen molar-refractivity contribution in [2.45, 2.75) is 38.1 Å². The Labute approximate surface area is 131 Å². The van der Waals surface area contributed by atoms with Gasteiger partial charge in [0.2, 0.25) is 5.91 Å². The number of hydrogen-bond acceptors (Lipinski definition) is 2. The van der Waals surface area contributed by atoms with E-state index in [1.54, 1.807) is 0 Å². The maximum Gasteiger partial charge on any atom is 0.226 e. The Kier molecular flexibility index (Phi) is 4.23. The maximum absolute atomic E-state index is 12.6. The van der Waals surface area contributed by atoms with Gasteiger partial charge in [0, 0.05) is 30.1 Å². The van der Waals surface area contributed by atoms with Crippen LogP contribution in [0.25, 0.3) is 0 Å². The first-order valence-corrected chi connectivity index (χ1v) is 8.24. The minimum Gasteiger partial charge on any atom is -0.342 e. The summed E-state index contributed by atoms with van der Waals surface area (Å²) in [7, 11) is 0. The average molecular weight is 307 g/mol. The van der Waals surface area contributed by atoms with Gasteiger partial charge in [-0.1, -0.05) is 23.7 Å². The predicted molar refractivity (Wildman–Crippen MR) is 85.3 cm³/mol. The lowest BCUT2D eigenvalue weighted by Gasteiger charge is -2.34. The van der Waals surface area contributed by atoms with Crippen molar-refractivity contribution in [1.82, 2.24) is 4.90 Å². The van der Waals surface area contributed by atoms with E-state index in [1.165, 1.54) is 5.56 Å². The molecule has 0 bridgehead atoms. The van der Waals surface area contributed by atoms with Gasteiger partial charge in [-0.2, -0.15) is 0 Å². The van der Waals surface area contributed by atoms with Crippen LogP contribution in [0.3, 0.4) is 0 Å². The fraction of sp³-hybridized carbons (Fsp3) is 0.588. The zero-order valence-electron chi connectivity index (χ0n) is 12.5. The van der Waals surface area contributed by atoms with E-state index in [-0.39, 0.29) is 12.0 Å². The molecule has 1 aliphatic carbocycles. The largest absolute Gasteiger partial charge is 0.342 e. The number of carbonyl (C=O) groups excluding carboxylic acids is 1. The van der Waals surface area contributed by atoms with Gasteiger partial charge in [0.1, 0.15) is 0 Å². The first kappa shape index (κ1) is 14.9. The van der Waals surface area contributed by atoms with Crippen LogP contribution in [-0.2, 0) is 4.79 Å². The van der Waals surface area contributed by atoms with Gasteiger partial charge in [-0.15, -0.1) is 0 Å². The molecule has 3 unspecified atom stereocenters. The quantitative estimate of drug-likeness (QED) is 0.933. The molecule has 1 aliphatic heterocycles. The second kappa shape index (κ2) is 5.98. The zero-order chi connectivity index (χ0) is 15.0. The third kappa shape index (κ3) is 3.24. The molecule has 114 valence electrons. The Bertz CT molecular complexity index is 523. The molecule has 2 fully saturated rings. The van der Waals surface area contributed by atoms with Crippen LogP contribution in [0.2, 0.25) is 5.02 Å². The molecule has 3 rings (SSSR count). The van der Waals surface area contributed by atoms with Crippen molar-refractivity contribution < 1.29 is 4.79 Å². The summed E-state index contributed by atoms with van der Waals surface area (Å²) in [4.78, 5) is 14.6. The summed E-state index contributed by atoms with van der Waals surface area (Å²) < 4.78 is 0. The Morgan fingerprint density at radius 3 is 2.71 bits per heavy atom. The maximum atomic E-state index is 12.6. The number of piperidine rings is 1. The molecule has 1 saturated heterocycles. The van der Waals surface area contributed by atoms with Crippen molar-refractivity contribution in [3.05, 3.63) is 34.9 Å². The van der Waals surface area contributed by atoms with E-state index >= 15 is 0 Å². The normalized spacial score (nSPS) is 27.5. The van der Waals surface area contributed by atoms with E-state index < -0.39 is 0 Å². The van der Waals surface area contributed by atoms with Crippen LogP contribution in [0.5, 0.6) is 0 Å². The molecular weight excluding hydrogens is 284 g/mol. The lowest BCUT2D eigenvalue weighted by molar-refractivity contribution is -0.134. The number of amides is 1. The van der Waals surface area contributed by atoms with Crippen LogP contribution in [0, 0.1) is 11.8 Å². The van der Waals surface area contributed by atoms with Crippen molar-refractivity contribution >= 4 is 17.5 Å². The van der Waals surface area contributed by atoms with Gasteiger partial charge in [0.15, 0.2) is 0 Å². The number of rotatable bonds is 3. The minimum atomic E-state index is 0.162. The Morgan fingerprint density at radius 2 is 2.10 bits per heavy atom. The molecule has 2 N–H and O–H groups in total. The topological polar surface area (TPSA) is 46.3 Å². The van der Waals surface area contributed by atoms with E-state index in [0.29, 0.717) is 17.7 Å². The summed E-state index contributed by atoms with van der Waals surface area (Å²) in [6.07, 6.45) is 3.04. The third-order valence-corrected chi connectivity index (χ3v) is 5.21. The molecule has 21 heavy (non-hydrogen) atoms. The molecule has 1 aromatic rings. The SMILES string of the molecule is CC(N)C1CCN(C(=O)C2CC2c2cccc(Cl)c2)CC1. The van der Waals surface area contributed by atoms with Gasteiger partial charge in [0.25, 0.3) is 0 Å². The monoisotopic (exact) mass is 306 g/mol. The van der Waals surface area contributed by atoms with Crippen molar-refractivity contribution in [2.75, 3.05) is 13.1 Å². The summed E-state index contributed by atoms with van der Waals surface area (Å²) in [5, 5.41) is 0.753. The molecule has 1 saturated carbocycles. The number of likely N-dealkylation sites (tertiary alicyclic amines) is 1. The number of hydrogen-bond donors (Lipinski definition) is 1. The van der Waals surface area contributed by atoms with Crippen molar-refractivity contribution in [3.8, 4) is 0 Å². The number of halogens is 1. The summed E-state index contributed by atoms with van der Waals surface area (Å²) >= 11 is 6.03. The summed E-state index contributed by atoms with van der Waals surface area (Å²) in [5.74, 6) is 1.41. The number of nitrogens with two attached hydrogens (primary N) is 1. The molecule has 0 aromatic heterocycles. The van der Waals surface area contributed by atoms with E-state index in [9.17, 15) is 4.79 Å². The van der Waals surface area contributed by atoms with Crippen LogP contribution in [0.4, 0.5) is 0 Å². The molecule has 0 spiro atoms. The van der Waals surface area contributed by atoms with Crippen LogP contribution in [0.1, 0.15) is 37.7 Å². The van der Waals surface area contributed by atoms with Crippen molar-refractivity contribution in [1.29, 1.82) is 0 Å². The first-order chi connectivity index (χ1) is 10.1. The molecule has 1 amide bonds. The first-order valence-electron chi connectivity index (χ1n) is 7.86. The summed E-state index contributed by atoms with van der Waals surface area (Å²) in [5.41, 5.74) is 7.16. The highest BCUT2D eigenvalue weighted by Gasteiger charge is 2.46. The van der Waals surface area contributed by atoms with Gasteiger partial charge in [-0.3, -0.25) is 4.79 Å². The fourth-order valence-corrected chi connectivity index (χ4v) is 3.65. The van der Waals surface area contributed by atoms with E-state index in [2.05, 4.69) is 13.0 Å². The second-order valence-electron chi connectivity index (χ2n) is 6.53. The van der Waals surface area contributed by atoms with Crippen molar-refractivity contribution in [2.24, 2.45) is 17.6 Å². The van der Waals surface area contributed by atoms with Crippen LogP contribution >= 0.6 is 11.6 Å². The number of benzene rings is 1. The highest BCUT2D eigenvalue weighted by atomic mass is 35.5. The van der Waals surface area contributed by atoms with Crippen LogP contribution in [0.15, 0.2) is 24.3 Å². The van der Waals surface area contributed by atoms with E-state index in [1.807, 2.05) is 23.1 Å². The summed E-state index contributed by atoms with van der Waals surface area (Å²) in [6.45, 7) is 3.80. The van der Waals surface area contributed by atoms with Gasteiger partial charge in [-0.25, -0.2) is 0 Å². The van der Waals surface area contributed by atoms with Crippen LogP contribution in [-0.4, -0.2) is 29.9 Å². The molecule has 1 aromatic carbocycles. The second-order valence-corrected chi connectivity index (χ2v) is 6.96. The Morgan fingerprint density at radius 1 is 1.38 bits per heavy atom. The van der Waals surface area contributed by atoms with E-state index in [4.69, 9.17) is 17.3 Å². The fourth-order valence-electron chi connectivity index (χ4n) is 3.45. The van der Waals surface area contributed by atoms with Gasteiger partial charge >= 0.3 is 0 Å². The van der Waals surface area contributed by atoms with Crippen molar-refractivity contribution in [3.63, 3.8) is 0 Å². The molecular formula is C17H23ClN2O. The molecule has 1 heterocycles.